The molecule has 0 spiro atoms. The molecule has 148 valence electrons. The first-order valence-corrected chi connectivity index (χ1v) is 9.51. The van der Waals surface area contributed by atoms with Crippen LogP contribution in [0.15, 0.2) is 24.3 Å². The van der Waals surface area contributed by atoms with E-state index < -0.39 is 0 Å². The van der Waals surface area contributed by atoms with Crippen LogP contribution in [0.25, 0.3) is 0 Å². The number of hydrogen-bond donors (Lipinski definition) is 1. The van der Waals surface area contributed by atoms with Gasteiger partial charge in [0.25, 0.3) is 11.8 Å². The molecule has 1 aromatic rings. The molecular weight excluding hydrogens is 346 g/mol. The van der Waals surface area contributed by atoms with Gasteiger partial charge in [0.2, 0.25) is 0 Å². The second-order valence-electron chi connectivity index (χ2n) is 6.99. The molecule has 1 aromatic carbocycles. The van der Waals surface area contributed by atoms with Gasteiger partial charge < -0.3 is 19.9 Å². The molecular formula is C20H29N3O4. The van der Waals surface area contributed by atoms with Gasteiger partial charge in [0.15, 0.2) is 0 Å². The van der Waals surface area contributed by atoms with Crippen LogP contribution in [0.3, 0.4) is 0 Å². The largest absolute Gasteiger partial charge is 0.450 e. The molecule has 7 nitrogen and oxygen atoms in total. The Bertz CT molecular complexity index is 650. The summed E-state index contributed by atoms with van der Waals surface area (Å²) in [5.74, 6) is 0.317. The van der Waals surface area contributed by atoms with Gasteiger partial charge in [-0.25, -0.2) is 4.79 Å². The first-order valence-electron chi connectivity index (χ1n) is 9.51. The summed E-state index contributed by atoms with van der Waals surface area (Å²) >= 11 is 0. The number of nitrogens with one attached hydrogen (secondary N) is 1. The van der Waals surface area contributed by atoms with Crippen LogP contribution in [0.4, 0.5) is 4.79 Å². The van der Waals surface area contributed by atoms with Crippen LogP contribution < -0.4 is 5.32 Å². The number of benzene rings is 1. The van der Waals surface area contributed by atoms with E-state index in [4.69, 9.17) is 4.74 Å². The Morgan fingerprint density at radius 2 is 1.56 bits per heavy atom. The Labute approximate surface area is 160 Å². The maximum Gasteiger partial charge on any atom is 0.409 e. The van der Waals surface area contributed by atoms with Crippen molar-refractivity contribution in [2.24, 2.45) is 5.92 Å². The second-order valence-corrected chi connectivity index (χ2v) is 6.99. The Morgan fingerprint density at radius 1 is 1.00 bits per heavy atom. The number of nitrogens with zero attached hydrogens (tertiary/aromatic N) is 2. The zero-order valence-electron chi connectivity index (χ0n) is 16.4. The molecule has 1 heterocycles. The summed E-state index contributed by atoms with van der Waals surface area (Å²) in [5.41, 5.74) is 1.08. The zero-order valence-corrected chi connectivity index (χ0v) is 16.4. The highest BCUT2D eigenvalue weighted by Gasteiger charge is 2.25. The second kappa shape index (κ2) is 9.94. The van der Waals surface area contributed by atoms with Crippen LogP contribution in [0.1, 0.15) is 47.9 Å². The number of carbonyl (C=O) groups is 3. The molecule has 0 aromatic heterocycles. The quantitative estimate of drug-likeness (QED) is 0.828. The maximum absolute atomic E-state index is 12.6. The third-order valence-electron chi connectivity index (χ3n) is 4.49. The third kappa shape index (κ3) is 5.98. The topological polar surface area (TPSA) is 79.0 Å². The van der Waals surface area contributed by atoms with E-state index in [9.17, 15) is 14.4 Å². The van der Waals surface area contributed by atoms with Crippen molar-refractivity contribution < 1.29 is 19.1 Å². The normalized spacial score (nSPS) is 14.2. The van der Waals surface area contributed by atoms with Gasteiger partial charge in [0, 0.05) is 43.9 Å². The van der Waals surface area contributed by atoms with E-state index in [1.165, 1.54) is 0 Å². The monoisotopic (exact) mass is 375 g/mol. The van der Waals surface area contributed by atoms with Crippen molar-refractivity contribution in [3.8, 4) is 0 Å². The van der Waals surface area contributed by atoms with Crippen molar-refractivity contribution in [2.45, 2.75) is 27.2 Å². The summed E-state index contributed by atoms with van der Waals surface area (Å²) in [6.07, 6.45) is 0.595. The third-order valence-corrected chi connectivity index (χ3v) is 4.49. The highest BCUT2D eigenvalue weighted by Crippen LogP contribution is 2.11. The van der Waals surface area contributed by atoms with Crippen molar-refractivity contribution >= 4 is 17.9 Å². The van der Waals surface area contributed by atoms with Crippen molar-refractivity contribution in [2.75, 3.05) is 39.3 Å². The molecule has 0 atom stereocenters. The molecule has 3 amide bonds. The highest BCUT2D eigenvalue weighted by molar-refractivity contribution is 5.97. The van der Waals surface area contributed by atoms with E-state index in [1.54, 1.807) is 41.0 Å². The van der Waals surface area contributed by atoms with Crippen molar-refractivity contribution in [3.05, 3.63) is 35.4 Å². The Kier molecular flexibility index (Phi) is 7.64. The molecule has 1 N–H and O–H groups in total. The van der Waals surface area contributed by atoms with Crippen LogP contribution in [0.5, 0.6) is 0 Å². The lowest BCUT2D eigenvalue weighted by Crippen LogP contribution is -2.50. The van der Waals surface area contributed by atoms with Crippen molar-refractivity contribution in [1.82, 2.24) is 15.1 Å². The fourth-order valence-electron chi connectivity index (χ4n) is 2.83. The van der Waals surface area contributed by atoms with E-state index >= 15 is 0 Å². The van der Waals surface area contributed by atoms with Gasteiger partial charge in [-0.2, -0.15) is 0 Å². The Hall–Kier alpha value is -2.57. The summed E-state index contributed by atoms with van der Waals surface area (Å²) in [7, 11) is 0. The lowest BCUT2D eigenvalue weighted by Gasteiger charge is -2.34. The Balaban J connectivity index is 1.87. The first kappa shape index (κ1) is 20.7. The van der Waals surface area contributed by atoms with E-state index in [-0.39, 0.29) is 17.9 Å². The fraction of sp³-hybridized carbons (Fsp3) is 0.550. The lowest BCUT2D eigenvalue weighted by atomic mass is 10.1. The minimum absolute atomic E-state index is 0.0923. The molecule has 27 heavy (non-hydrogen) atoms. The highest BCUT2D eigenvalue weighted by atomic mass is 16.6. The van der Waals surface area contributed by atoms with Crippen molar-refractivity contribution in [1.29, 1.82) is 0 Å². The first-order chi connectivity index (χ1) is 12.9. The zero-order chi connectivity index (χ0) is 19.8. The predicted molar refractivity (Wildman–Crippen MR) is 103 cm³/mol. The van der Waals surface area contributed by atoms with E-state index in [2.05, 4.69) is 19.2 Å². The minimum atomic E-state index is -0.336. The average molecular weight is 375 g/mol. The molecule has 7 heteroatoms. The maximum atomic E-state index is 12.6. The number of rotatable bonds is 6. The van der Waals surface area contributed by atoms with Crippen LogP contribution in [0, 0.1) is 5.92 Å². The van der Waals surface area contributed by atoms with Gasteiger partial charge in [0.05, 0.1) is 6.61 Å². The molecule has 1 saturated heterocycles. The summed E-state index contributed by atoms with van der Waals surface area (Å²) < 4.78 is 4.98. The molecule has 0 unspecified atom stereocenters. The standard InChI is InChI=1S/C20H29N3O4/c1-4-27-20(26)23-13-11-22(12-14-23)19(25)17-7-5-16(6-8-17)18(24)21-10-9-15(2)3/h5-8,15H,4,9-14H2,1-3H3,(H,21,24). The number of piperazine rings is 1. The minimum Gasteiger partial charge on any atom is -0.450 e. The number of hydrogen-bond acceptors (Lipinski definition) is 4. The molecule has 1 aliphatic heterocycles. The van der Waals surface area contributed by atoms with Gasteiger partial charge in [-0.1, -0.05) is 13.8 Å². The number of ether oxygens (including phenoxy) is 1. The summed E-state index contributed by atoms with van der Waals surface area (Å²) in [6, 6.07) is 6.70. The van der Waals surface area contributed by atoms with Crippen LogP contribution in [-0.2, 0) is 4.74 Å². The smallest absolute Gasteiger partial charge is 0.409 e. The van der Waals surface area contributed by atoms with Gasteiger partial charge in [-0.3, -0.25) is 9.59 Å². The lowest BCUT2D eigenvalue weighted by molar-refractivity contribution is 0.0570. The van der Waals surface area contributed by atoms with Crippen LogP contribution >= 0.6 is 0 Å². The Morgan fingerprint density at radius 3 is 2.11 bits per heavy atom. The molecule has 1 aliphatic rings. The number of carbonyl (C=O) groups excluding carboxylic acids is 3. The van der Waals surface area contributed by atoms with Crippen LogP contribution in [0.2, 0.25) is 0 Å². The average Bonchev–Trinajstić information content (AvgIpc) is 2.67. The van der Waals surface area contributed by atoms with Gasteiger partial charge in [-0.15, -0.1) is 0 Å². The van der Waals surface area contributed by atoms with E-state index in [0.29, 0.717) is 56.4 Å². The SMILES string of the molecule is CCOC(=O)N1CCN(C(=O)c2ccc(C(=O)NCCC(C)C)cc2)CC1. The summed E-state index contributed by atoms with van der Waals surface area (Å²) in [5, 5.41) is 2.88. The van der Waals surface area contributed by atoms with Gasteiger partial charge in [-0.05, 0) is 43.5 Å². The van der Waals surface area contributed by atoms with Crippen LogP contribution in [-0.4, -0.2) is 67.0 Å². The molecule has 0 radical (unpaired) electrons. The molecule has 0 aliphatic carbocycles. The molecule has 2 rings (SSSR count). The predicted octanol–water partition coefficient (Wildman–Crippen LogP) is 2.38. The molecule has 1 fully saturated rings. The molecule has 0 bridgehead atoms. The summed E-state index contributed by atoms with van der Waals surface area (Å²) in [4.78, 5) is 39.8. The van der Waals surface area contributed by atoms with Crippen molar-refractivity contribution in [3.63, 3.8) is 0 Å². The fourth-order valence-corrected chi connectivity index (χ4v) is 2.83. The van der Waals surface area contributed by atoms with E-state index in [1.807, 2.05) is 0 Å². The summed E-state index contributed by atoms with van der Waals surface area (Å²) in [6.45, 7) is 8.83. The van der Waals surface area contributed by atoms with Gasteiger partial charge >= 0.3 is 6.09 Å². The van der Waals surface area contributed by atoms with Gasteiger partial charge in [0.1, 0.15) is 0 Å². The van der Waals surface area contributed by atoms with E-state index in [0.717, 1.165) is 6.42 Å². The molecule has 0 saturated carbocycles. The number of amides is 3.